The van der Waals surface area contributed by atoms with Gasteiger partial charge in [0.1, 0.15) is 16.8 Å². The number of nitrogens with zero attached hydrogens (tertiary/aromatic N) is 3. The summed E-state index contributed by atoms with van der Waals surface area (Å²) in [4.78, 5) is 24.1. The highest BCUT2D eigenvalue weighted by atomic mass is 32.2. The standard InChI is InChI=1S/C25H37N5O2S/c1-17(2)33-25(3,4)21-16-22(30(5)14-15-32-6)29-23(28-21)18-10-12-20(13-11-18)27-24(31)26-19-8-7-9-19/h10-13,16-17,19H,7-9,14-15H2,1-6H3,(H2,26,27,31)/p+1. The molecule has 7 nitrogen and oxygen atoms in total. The zero-order valence-electron chi connectivity index (χ0n) is 20.7. The average Bonchev–Trinajstić information content (AvgIpc) is 2.74. The second kappa shape index (κ2) is 11.2. The number of hydrogen-bond acceptors (Lipinski definition) is 5. The van der Waals surface area contributed by atoms with Crippen LogP contribution in [0.4, 0.5) is 16.3 Å². The summed E-state index contributed by atoms with van der Waals surface area (Å²) in [5.74, 6) is 1.56. The van der Waals surface area contributed by atoms with Gasteiger partial charge in [0.15, 0.2) is 10.6 Å². The van der Waals surface area contributed by atoms with E-state index in [1.165, 1.54) is 18.2 Å². The van der Waals surface area contributed by atoms with Crippen molar-refractivity contribution >= 4 is 29.3 Å². The molecule has 1 fully saturated rings. The Kier molecular flexibility index (Phi) is 8.59. The number of methoxy groups -OCH3 is 1. The normalized spacial score (nSPS) is 14.2. The number of rotatable bonds is 10. The van der Waals surface area contributed by atoms with Crippen LogP contribution in [0.3, 0.4) is 0 Å². The van der Waals surface area contributed by atoms with E-state index in [0.717, 1.165) is 42.1 Å². The quantitative estimate of drug-likeness (QED) is 0.397. The Bertz CT molecular complexity index is 929. The smallest absolute Gasteiger partial charge is 0.319 e. The number of likely N-dealkylation sites (N-methyl/N-ethyl adjacent to an activating group) is 1. The lowest BCUT2D eigenvalue weighted by Gasteiger charge is -2.26. The zero-order chi connectivity index (χ0) is 24.0. The number of amides is 2. The van der Waals surface area contributed by atoms with Crippen LogP contribution in [0, 0.1) is 0 Å². The topological polar surface area (TPSA) is 79.4 Å². The molecule has 1 aliphatic rings. The number of benzene rings is 1. The first-order chi connectivity index (χ1) is 15.7. The largest absolute Gasteiger partial charge is 0.383 e. The van der Waals surface area contributed by atoms with E-state index in [2.05, 4.69) is 49.3 Å². The summed E-state index contributed by atoms with van der Waals surface area (Å²) in [5.41, 5.74) is 2.69. The molecule has 2 amide bonds. The van der Waals surface area contributed by atoms with E-state index >= 15 is 0 Å². The number of urea groups is 1. The minimum absolute atomic E-state index is 0.107. The Morgan fingerprint density at radius 2 is 1.94 bits per heavy atom. The average molecular weight is 473 g/mol. The van der Waals surface area contributed by atoms with Gasteiger partial charge in [-0.15, -0.1) is 0 Å². The fourth-order valence-corrected chi connectivity index (χ4v) is 5.27. The molecule has 1 heterocycles. The predicted molar refractivity (Wildman–Crippen MR) is 139 cm³/mol. The molecule has 1 aromatic carbocycles. The van der Waals surface area contributed by atoms with Gasteiger partial charge in [-0.3, -0.25) is 0 Å². The number of carbonyl (C=O) groups is 1. The van der Waals surface area contributed by atoms with Gasteiger partial charge < -0.3 is 20.3 Å². The van der Waals surface area contributed by atoms with Gasteiger partial charge in [-0.2, -0.15) is 0 Å². The van der Waals surface area contributed by atoms with Crippen molar-refractivity contribution in [3.05, 3.63) is 36.0 Å². The number of ether oxygens (including phenoxy) is 1. The fourth-order valence-electron chi connectivity index (χ4n) is 3.73. The molecule has 2 aromatic rings. The lowest BCUT2D eigenvalue weighted by molar-refractivity contribution is 0.206. The van der Waals surface area contributed by atoms with Gasteiger partial charge in [0.05, 0.1) is 6.61 Å². The molecule has 1 aliphatic carbocycles. The van der Waals surface area contributed by atoms with Crippen molar-refractivity contribution in [2.45, 2.75) is 63.0 Å². The molecule has 0 unspecified atom stereocenters. The van der Waals surface area contributed by atoms with Crippen LogP contribution in [0.15, 0.2) is 30.3 Å². The van der Waals surface area contributed by atoms with Crippen LogP contribution < -0.4 is 15.5 Å². The molecule has 0 spiro atoms. The lowest BCUT2D eigenvalue weighted by atomic mass is 9.93. The monoisotopic (exact) mass is 472 g/mol. The first kappa shape index (κ1) is 25.3. The van der Waals surface area contributed by atoms with Crippen LogP contribution >= 0.6 is 0 Å². The molecule has 180 valence electrons. The van der Waals surface area contributed by atoms with Crippen molar-refractivity contribution in [2.24, 2.45) is 0 Å². The second-order valence-corrected chi connectivity index (χ2v) is 11.8. The summed E-state index contributed by atoms with van der Waals surface area (Å²) in [6.07, 6.45) is 3.32. The van der Waals surface area contributed by atoms with E-state index in [1.807, 2.05) is 31.3 Å². The van der Waals surface area contributed by atoms with Crippen molar-refractivity contribution < 1.29 is 9.53 Å². The van der Waals surface area contributed by atoms with E-state index in [4.69, 9.17) is 14.7 Å². The first-order valence-electron chi connectivity index (χ1n) is 11.7. The minimum atomic E-state index is -0.151. The number of nitrogens with one attached hydrogen (secondary N) is 2. The molecule has 3 rings (SSSR count). The molecular formula is C25H38N5O2S+. The highest BCUT2D eigenvalue weighted by Gasteiger charge is 2.33. The van der Waals surface area contributed by atoms with Gasteiger partial charge in [-0.25, -0.2) is 14.8 Å². The summed E-state index contributed by atoms with van der Waals surface area (Å²) in [6, 6.07) is 9.98. The van der Waals surface area contributed by atoms with Gasteiger partial charge in [-0.05, 0) is 83.0 Å². The summed E-state index contributed by atoms with van der Waals surface area (Å²) in [5, 5.41) is 6.44. The van der Waals surface area contributed by atoms with Crippen LogP contribution in [0.25, 0.3) is 11.4 Å². The van der Waals surface area contributed by atoms with Crippen molar-refractivity contribution in [3.8, 4) is 11.4 Å². The number of carbonyl (C=O) groups excluding carboxylic acids is 1. The SMILES string of the molecule is COCCN(C)c1cc(C(C)(C)[SH+]C(C)C)nc(-c2ccc(NC(=O)NC3CCC3)cc2)n1. The molecule has 0 aliphatic heterocycles. The third kappa shape index (κ3) is 7.08. The molecule has 1 aromatic heterocycles. The third-order valence-electron chi connectivity index (χ3n) is 5.78. The maximum absolute atomic E-state index is 12.2. The van der Waals surface area contributed by atoms with E-state index in [9.17, 15) is 4.79 Å². The number of anilines is 2. The Balaban J connectivity index is 1.85. The van der Waals surface area contributed by atoms with Crippen LogP contribution in [0.2, 0.25) is 0 Å². The molecule has 33 heavy (non-hydrogen) atoms. The van der Waals surface area contributed by atoms with Crippen LogP contribution in [-0.2, 0) is 21.2 Å². The Morgan fingerprint density at radius 3 is 2.52 bits per heavy atom. The van der Waals surface area contributed by atoms with Gasteiger partial charge in [-0.1, -0.05) is 0 Å². The third-order valence-corrected chi connectivity index (χ3v) is 7.17. The summed E-state index contributed by atoms with van der Waals surface area (Å²) in [6.45, 7) is 10.3. The highest BCUT2D eigenvalue weighted by molar-refractivity contribution is 7.80. The van der Waals surface area contributed by atoms with E-state index < -0.39 is 0 Å². The van der Waals surface area contributed by atoms with Gasteiger partial charge >= 0.3 is 6.03 Å². The Morgan fingerprint density at radius 1 is 1.24 bits per heavy atom. The Hall–Kier alpha value is -2.32. The molecule has 2 N–H and O–H groups in total. The zero-order valence-corrected chi connectivity index (χ0v) is 21.6. The maximum atomic E-state index is 12.2. The maximum Gasteiger partial charge on any atom is 0.319 e. The van der Waals surface area contributed by atoms with Crippen LogP contribution in [-0.4, -0.2) is 54.6 Å². The molecule has 1 saturated carbocycles. The van der Waals surface area contributed by atoms with Crippen molar-refractivity contribution in [1.29, 1.82) is 0 Å². The van der Waals surface area contributed by atoms with Crippen molar-refractivity contribution in [2.75, 3.05) is 37.5 Å². The fraction of sp³-hybridized carbons (Fsp3) is 0.560. The van der Waals surface area contributed by atoms with Gasteiger partial charge in [0.2, 0.25) is 0 Å². The lowest BCUT2D eigenvalue weighted by Crippen LogP contribution is -2.41. The number of aromatic nitrogens is 2. The van der Waals surface area contributed by atoms with Crippen LogP contribution in [0.5, 0.6) is 0 Å². The van der Waals surface area contributed by atoms with E-state index in [1.54, 1.807) is 7.11 Å². The van der Waals surface area contributed by atoms with Crippen molar-refractivity contribution in [3.63, 3.8) is 0 Å². The number of hydrogen-bond donors (Lipinski definition) is 2. The first-order valence-corrected chi connectivity index (χ1v) is 12.6. The summed E-state index contributed by atoms with van der Waals surface area (Å²) in [7, 11) is 3.73. The summed E-state index contributed by atoms with van der Waals surface area (Å²) < 4.78 is 5.15. The predicted octanol–water partition coefficient (Wildman–Crippen LogP) is 4.36. The van der Waals surface area contributed by atoms with Gasteiger partial charge in [0.25, 0.3) is 0 Å². The van der Waals surface area contributed by atoms with E-state index in [0.29, 0.717) is 23.7 Å². The molecular weight excluding hydrogens is 434 g/mol. The minimum Gasteiger partial charge on any atom is -0.383 e. The molecule has 8 heteroatoms. The second-order valence-electron chi connectivity index (χ2n) is 9.43. The molecule has 0 bridgehead atoms. The van der Waals surface area contributed by atoms with Crippen molar-refractivity contribution in [1.82, 2.24) is 15.3 Å². The molecule has 0 saturated heterocycles. The molecule has 0 atom stereocenters. The summed E-state index contributed by atoms with van der Waals surface area (Å²) >= 11 is 1.32. The number of thiol groups is 1. The van der Waals surface area contributed by atoms with E-state index in [-0.39, 0.29) is 10.8 Å². The Labute approximate surface area is 202 Å². The van der Waals surface area contributed by atoms with Gasteiger partial charge in [0, 0.05) is 44.1 Å². The molecule has 0 radical (unpaired) electrons. The highest BCUT2D eigenvalue weighted by Crippen LogP contribution is 2.30. The van der Waals surface area contributed by atoms with Crippen LogP contribution in [0.1, 0.15) is 52.7 Å².